The summed E-state index contributed by atoms with van der Waals surface area (Å²) >= 11 is 0. The minimum absolute atomic E-state index is 0.204. The van der Waals surface area contributed by atoms with E-state index in [4.69, 9.17) is 14.6 Å². The third-order valence-electron chi connectivity index (χ3n) is 2.97. The molecule has 5 nitrogen and oxygen atoms in total. The van der Waals surface area contributed by atoms with E-state index in [0.717, 1.165) is 25.7 Å². The summed E-state index contributed by atoms with van der Waals surface area (Å²) in [5, 5.41) is 8.66. The molecule has 16 heavy (non-hydrogen) atoms. The number of carboxylic acid groups (broad SMARTS) is 1. The quantitative estimate of drug-likeness (QED) is 0.439. The summed E-state index contributed by atoms with van der Waals surface area (Å²) in [6.07, 6.45) is 3.55. The molecule has 0 aromatic carbocycles. The molecule has 1 rings (SSSR count). The average Bonchev–Trinajstić information content (AvgIpc) is 2.77. The Bertz CT molecular complexity index is 257. The normalized spacial score (nSPS) is 20.4. The number of ether oxygens (including phenoxy) is 2. The van der Waals surface area contributed by atoms with Crippen LogP contribution in [-0.2, 0) is 19.1 Å². The van der Waals surface area contributed by atoms with Crippen molar-refractivity contribution in [3.63, 3.8) is 0 Å². The van der Waals surface area contributed by atoms with Crippen LogP contribution in [-0.4, -0.2) is 30.4 Å². The number of carbonyl (C=O) groups excluding carboxylic acids is 1. The maximum atomic E-state index is 11.4. The van der Waals surface area contributed by atoms with Gasteiger partial charge in [-0.2, -0.15) is 0 Å². The summed E-state index contributed by atoms with van der Waals surface area (Å²) in [5.41, 5.74) is 0. The van der Waals surface area contributed by atoms with Crippen LogP contribution in [0.15, 0.2) is 0 Å². The van der Waals surface area contributed by atoms with Gasteiger partial charge in [-0.3, -0.25) is 9.59 Å². The smallest absolute Gasteiger partial charge is 0.322 e. The molecule has 0 saturated heterocycles. The van der Waals surface area contributed by atoms with Gasteiger partial charge in [-0.1, -0.05) is 12.8 Å². The zero-order chi connectivity index (χ0) is 12.1. The number of hydrogen-bond donors (Lipinski definition) is 1. The van der Waals surface area contributed by atoms with E-state index < -0.39 is 24.1 Å². The van der Waals surface area contributed by atoms with E-state index in [1.54, 1.807) is 0 Å². The Morgan fingerprint density at radius 1 is 1.31 bits per heavy atom. The lowest BCUT2D eigenvalue weighted by Gasteiger charge is -2.22. The van der Waals surface area contributed by atoms with Crippen molar-refractivity contribution >= 4 is 11.9 Å². The molecule has 1 N–H and O–H groups in total. The highest BCUT2D eigenvalue weighted by Crippen LogP contribution is 2.29. The molecular formula is C11H18O5. The molecule has 2 unspecified atom stereocenters. The minimum atomic E-state index is -1.17. The largest absolute Gasteiger partial charge is 0.481 e. The lowest BCUT2D eigenvalue weighted by molar-refractivity contribution is -0.190. The van der Waals surface area contributed by atoms with Crippen LogP contribution in [0, 0.1) is 11.8 Å². The van der Waals surface area contributed by atoms with Crippen molar-refractivity contribution in [2.24, 2.45) is 11.8 Å². The van der Waals surface area contributed by atoms with E-state index in [0.29, 0.717) is 0 Å². The molecule has 0 bridgehead atoms. The molecule has 1 aliphatic rings. The van der Waals surface area contributed by atoms with Gasteiger partial charge in [0.25, 0.3) is 0 Å². The first-order chi connectivity index (χ1) is 7.56. The predicted octanol–water partition coefficient (Wildman–Crippen LogP) is 1.41. The maximum absolute atomic E-state index is 11.4. The van der Waals surface area contributed by atoms with Crippen molar-refractivity contribution in [3.05, 3.63) is 0 Å². The van der Waals surface area contributed by atoms with Crippen molar-refractivity contribution in [1.29, 1.82) is 0 Å². The molecule has 0 spiro atoms. The second kappa shape index (κ2) is 5.84. The van der Waals surface area contributed by atoms with Crippen LogP contribution in [0.4, 0.5) is 0 Å². The van der Waals surface area contributed by atoms with Crippen molar-refractivity contribution in [2.75, 3.05) is 7.11 Å². The molecule has 2 atom stereocenters. The fourth-order valence-electron chi connectivity index (χ4n) is 1.88. The molecule has 0 aromatic rings. The molecule has 1 saturated carbocycles. The van der Waals surface area contributed by atoms with Gasteiger partial charge in [0.15, 0.2) is 5.92 Å². The summed E-state index contributed by atoms with van der Waals surface area (Å²) in [5.74, 6) is -2.84. The maximum Gasteiger partial charge on any atom is 0.322 e. The molecule has 1 aliphatic carbocycles. The Kier molecular flexibility index (Phi) is 4.73. The molecule has 0 radical (unpaired) electrons. The van der Waals surface area contributed by atoms with E-state index in [1.165, 1.54) is 14.0 Å². The number of methoxy groups -OCH3 is 1. The van der Waals surface area contributed by atoms with Gasteiger partial charge >= 0.3 is 11.9 Å². The van der Waals surface area contributed by atoms with Crippen molar-refractivity contribution in [3.8, 4) is 0 Å². The van der Waals surface area contributed by atoms with E-state index >= 15 is 0 Å². The average molecular weight is 230 g/mol. The first kappa shape index (κ1) is 13.0. The van der Waals surface area contributed by atoms with Gasteiger partial charge in [0.05, 0.1) is 0 Å². The molecule has 1 fully saturated rings. The summed E-state index contributed by atoms with van der Waals surface area (Å²) in [4.78, 5) is 22.0. The van der Waals surface area contributed by atoms with Gasteiger partial charge in [0, 0.05) is 13.0 Å². The van der Waals surface area contributed by atoms with Crippen LogP contribution < -0.4 is 0 Å². The topological polar surface area (TPSA) is 72.8 Å². The third-order valence-corrected chi connectivity index (χ3v) is 2.97. The van der Waals surface area contributed by atoms with Gasteiger partial charge in [-0.25, -0.2) is 0 Å². The van der Waals surface area contributed by atoms with Crippen LogP contribution in [0.2, 0.25) is 0 Å². The zero-order valence-corrected chi connectivity index (χ0v) is 9.64. The first-order valence-electron chi connectivity index (χ1n) is 5.52. The van der Waals surface area contributed by atoms with Gasteiger partial charge in [-0.15, -0.1) is 0 Å². The summed E-state index contributed by atoms with van der Waals surface area (Å²) in [6.45, 7) is 1.31. The van der Waals surface area contributed by atoms with Crippen molar-refractivity contribution in [2.45, 2.75) is 38.9 Å². The number of esters is 1. The van der Waals surface area contributed by atoms with Gasteiger partial charge in [-0.05, 0) is 19.8 Å². The van der Waals surface area contributed by atoms with Crippen LogP contribution in [0.3, 0.4) is 0 Å². The Hall–Kier alpha value is -1.10. The number of carboxylic acids is 1. The monoisotopic (exact) mass is 230 g/mol. The van der Waals surface area contributed by atoms with Crippen LogP contribution in [0.5, 0.6) is 0 Å². The van der Waals surface area contributed by atoms with Crippen LogP contribution in [0.25, 0.3) is 0 Å². The molecule has 92 valence electrons. The van der Waals surface area contributed by atoms with E-state index in [2.05, 4.69) is 0 Å². The fourth-order valence-corrected chi connectivity index (χ4v) is 1.88. The summed E-state index contributed by atoms with van der Waals surface area (Å²) in [7, 11) is 1.47. The van der Waals surface area contributed by atoms with E-state index in [9.17, 15) is 9.59 Å². The zero-order valence-electron chi connectivity index (χ0n) is 9.64. The van der Waals surface area contributed by atoms with Gasteiger partial charge in [0.1, 0.15) is 0 Å². The number of aliphatic carboxylic acids is 1. The van der Waals surface area contributed by atoms with E-state index in [-0.39, 0.29) is 5.92 Å². The number of hydrogen-bond acceptors (Lipinski definition) is 4. The van der Waals surface area contributed by atoms with Crippen molar-refractivity contribution in [1.82, 2.24) is 0 Å². The lowest BCUT2D eigenvalue weighted by Crippen LogP contribution is -2.32. The SMILES string of the molecule is COC(OC(=O)C(C)C(=O)O)C1CCCC1. The summed E-state index contributed by atoms with van der Waals surface area (Å²) < 4.78 is 10.2. The molecule has 0 amide bonds. The highest BCUT2D eigenvalue weighted by Gasteiger charge is 2.31. The minimum Gasteiger partial charge on any atom is -0.481 e. The Labute approximate surface area is 94.7 Å². The third kappa shape index (κ3) is 3.20. The van der Waals surface area contributed by atoms with Crippen LogP contribution >= 0.6 is 0 Å². The molecule has 0 aliphatic heterocycles. The highest BCUT2D eigenvalue weighted by atomic mass is 16.7. The molecule has 0 heterocycles. The summed E-state index contributed by atoms with van der Waals surface area (Å²) in [6, 6.07) is 0. The Morgan fingerprint density at radius 3 is 2.31 bits per heavy atom. The Balaban J connectivity index is 2.49. The molecule has 5 heteroatoms. The van der Waals surface area contributed by atoms with Gasteiger partial charge in [0.2, 0.25) is 6.29 Å². The number of rotatable bonds is 5. The second-order valence-corrected chi connectivity index (χ2v) is 4.15. The Morgan fingerprint density at radius 2 is 1.88 bits per heavy atom. The lowest BCUT2D eigenvalue weighted by atomic mass is 10.1. The predicted molar refractivity (Wildman–Crippen MR) is 55.6 cm³/mol. The van der Waals surface area contributed by atoms with Crippen LogP contribution in [0.1, 0.15) is 32.6 Å². The first-order valence-corrected chi connectivity index (χ1v) is 5.52. The number of carbonyl (C=O) groups is 2. The highest BCUT2D eigenvalue weighted by molar-refractivity contribution is 5.93. The second-order valence-electron chi connectivity index (χ2n) is 4.15. The van der Waals surface area contributed by atoms with E-state index in [1.807, 2.05) is 0 Å². The standard InChI is InChI=1S/C11H18O5/c1-7(9(12)13)10(14)16-11(15-2)8-5-3-4-6-8/h7-8,11H,3-6H2,1-2H3,(H,12,13). The molecule has 0 aromatic heterocycles. The molecular weight excluding hydrogens is 212 g/mol. The van der Waals surface area contributed by atoms with Gasteiger partial charge < -0.3 is 14.6 Å². The van der Waals surface area contributed by atoms with Crippen molar-refractivity contribution < 1.29 is 24.2 Å². The fraction of sp³-hybridized carbons (Fsp3) is 0.818.